The van der Waals surface area contributed by atoms with Crippen molar-refractivity contribution in [1.29, 1.82) is 0 Å². The highest BCUT2D eigenvalue weighted by molar-refractivity contribution is 5.69. The second-order valence-corrected chi connectivity index (χ2v) is 2.87. The number of hydrogen-bond acceptors (Lipinski definition) is 3. The van der Waals surface area contributed by atoms with E-state index in [0.29, 0.717) is 6.29 Å². The molecule has 0 spiro atoms. The van der Waals surface area contributed by atoms with E-state index in [-0.39, 0.29) is 19.4 Å². The van der Waals surface area contributed by atoms with E-state index in [1.807, 2.05) is 0 Å². The summed E-state index contributed by atoms with van der Waals surface area (Å²) < 4.78 is 30.2. The van der Waals surface area contributed by atoms with E-state index in [9.17, 15) is 18.4 Å². The maximum atomic E-state index is 12.8. The third kappa shape index (κ3) is 6.51. The molecule has 82 valence electrons. The first-order chi connectivity index (χ1) is 6.52. The molecule has 0 aliphatic heterocycles. The molecule has 0 atom stereocenters. The molecule has 0 heterocycles. The molecule has 0 saturated carbocycles. The summed E-state index contributed by atoms with van der Waals surface area (Å²) in [6.07, 6.45) is -1.11. The Morgan fingerprint density at radius 2 is 2.07 bits per heavy atom. The van der Waals surface area contributed by atoms with Crippen molar-refractivity contribution >= 4 is 12.3 Å². The van der Waals surface area contributed by atoms with Gasteiger partial charge in [0, 0.05) is 19.3 Å². The Hall–Kier alpha value is -1.00. The van der Waals surface area contributed by atoms with Crippen LogP contribution < -0.4 is 0 Å². The summed E-state index contributed by atoms with van der Waals surface area (Å²) >= 11 is 0. The highest BCUT2D eigenvalue weighted by atomic mass is 19.3. The molecule has 0 aromatic carbocycles. The second-order valence-electron chi connectivity index (χ2n) is 2.87. The lowest BCUT2D eigenvalue weighted by molar-refractivity contribution is -0.145. The highest BCUT2D eigenvalue weighted by Gasteiger charge is 2.28. The van der Waals surface area contributed by atoms with Gasteiger partial charge in [0.2, 0.25) is 5.92 Å². The molecule has 0 aliphatic rings. The monoisotopic (exact) mass is 208 g/mol. The van der Waals surface area contributed by atoms with Gasteiger partial charge in [0.1, 0.15) is 6.29 Å². The van der Waals surface area contributed by atoms with E-state index in [1.54, 1.807) is 6.92 Å². The molecule has 0 bridgehead atoms. The summed E-state index contributed by atoms with van der Waals surface area (Å²) in [5.41, 5.74) is 0. The van der Waals surface area contributed by atoms with Crippen molar-refractivity contribution in [3.63, 3.8) is 0 Å². The molecule has 0 aromatic heterocycles. The predicted octanol–water partition coefficient (Wildman–Crippen LogP) is 1.94. The molecule has 0 unspecified atom stereocenters. The fourth-order valence-corrected chi connectivity index (χ4v) is 0.913. The molecular weight excluding hydrogens is 194 g/mol. The number of ether oxygens (including phenoxy) is 1. The molecule has 0 saturated heterocycles. The van der Waals surface area contributed by atoms with Gasteiger partial charge in [-0.1, -0.05) is 0 Å². The van der Waals surface area contributed by atoms with Gasteiger partial charge in [-0.05, 0) is 6.92 Å². The molecule has 0 amide bonds. The van der Waals surface area contributed by atoms with Crippen LogP contribution in [0.4, 0.5) is 8.78 Å². The number of alkyl halides is 2. The van der Waals surface area contributed by atoms with Crippen molar-refractivity contribution in [2.24, 2.45) is 0 Å². The van der Waals surface area contributed by atoms with Crippen molar-refractivity contribution in [3.05, 3.63) is 0 Å². The van der Waals surface area contributed by atoms with Gasteiger partial charge in [0.25, 0.3) is 0 Å². The van der Waals surface area contributed by atoms with Crippen molar-refractivity contribution in [2.75, 3.05) is 6.61 Å². The number of esters is 1. The van der Waals surface area contributed by atoms with Gasteiger partial charge in [-0.2, -0.15) is 0 Å². The SMILES string of the molecule is CCOC(=O)CCC(F)(F)CCC=O. The third-order valence-electron chi connectivity index (χ3n) is 1.63. The maximum Gasteiger partial charge on any atom is 0.305 e. The van der Waals surface area contributed by atoms with Gasteiger partial charge in [-0.25, -0.2) is 8.78 Å². The van der Waals surface area contributed by atoms with Gasteiger partial charge in [0.15, 0.2) is 0 Å². The Morgan fingerprint density at radius 1 is 1.43 bits per heavy atom. The van der Waals surface area contributed by atoms with E-state index >= 15 is 0 Å². The zero-order valence-corrected chi connectivity index (χ0v) is 8.09. The summed E-state index contributed by atoms with van der Waals surface area (Å²) in [4.78, 5) is 20.6. The van der Waals surface area contributed by atoms with Crippen LogP contribution in [-0.2, 0) is 14.3 Å². The standard InChI is InChI=1S/C9H14F2O3/c1-2-14-8(13)4-6-9(10,11)5-3-7-12/h7H,2-6H2,1H3. The number of aldehydes is 1. The van der Waals surface area contributed by atoms with Gasteiger partial charge >= 0.3 is 5.97 Å². The minimum Gasteiger partial charge on any atom is -0.466 e. The lowest BCUT2D eigenvalue weighted by atomic mass is 10.1. The fourth-order valence-electron chi connectivity index (χ4n) is 0.913. The van der Waals surface area contributed by atoms with Crippen LogP contribution in [0.2, 0.25) is 0 Å². The van der Waals surface area contributed by atoms with Gasteiger partial charge < -0.3 is 9.53 Å². The summed E-state index contributed by atoms with van der Waals surface area (Å²) in [5, 5.41) is 0. The Labute approximate surface area is 81.4 Å². The predicted molar refractivity (Wildman–Crippen MR) is 46.1 cm³/mol. The topological polar surface area (TPSA) is 43.4 Å². The zero-order valence-electron chi connectivity index (χ0n) is 8.09. The molecule has 0 aromatic rings. The Morgan fingerprint density at radius 3 is 2.57 bits per heavy atom. The van der Waals surface area contributed by atoms with E-state index < -0.39 is 24.7 Å². The van der Waals surface area contributed by atoms with E-state index in [4.69, 9.17) is 0 Å². The second kappa shape index (κ2) is 6.45. The average Bonchev–Trinajstić information content (AvgIpc) is 2.13. The van der Waals surface area contributed by atoms with Crippen LogP contribution in [0.3, 0.4) is 0 Å². The minimum atomic E-state index is -2.95. The first kappa shape index (κ1) is 13.0. The normalized spacial score (nSPS) is 11.1. The third-order valence-corrected chi connectivity index (χ3v) is 1.63. The summed E-state index contributed by atoms with van der Waals surface area (Å²) in [6.45, 7) is 1.81. The fraction of sp³-hybridized carbons (Fsp3) is 0.778. The Bertz CT molecular complexity index is 192. The number of carbonyl (C=O) groups excluding carboxylic acids is 2. The van der Waals surface area contributed by atoms with Crippen molar-refractivity contribution in [2.45, 2.75) is 38.5 Å². The minimum absolute atomic E-state index is 0.185. The Balaban J connectivity index is 3.73. The summed E-state index contributed by atoms with van der Waals surface area (Å²) in [6, 6.07) is 0. The van der Waals surface area contributed by atoms with Crippen LogP contribution in [0.5, 0.6) is 0 Å². The van der Waals surface area contributed by atoms with Crippen LogP contribution in [0.25, 0.3) is 0 Å². The number of halogens is 2. The Kier molecular flexibility index (Phi) is 5.99. The van der Waals surface area contributed by atoms with E-state index in [1.165, 1.54) is 0 Å². The van der Waals surface area contributed by atoms with Crippen molar-refractivity contribution in [3.8, 4) is 0 Å². The molecule has 5 heteroatoms. The first-order valence-electron chi connectivity index (χ1n) is 4.49. The maximum absolute atomic E-state index is 12.8. The van der Waals surface area contributed by atoms with Crippen molar-refractivity contribution < 1.29 is 23.1 Å². The van der Waals surface area contributed by atoms with Crippen molar-refractivity contribution in [1.82, 2.24) is 0 Å². The molecule has 3 nitrogen and oxygen atoms in total. The quantitative estimate of drug-likeness (QED) is 0.474. The molecule has 0 aliphatic carbocycles. The van der Waals surface area contributed by atoms with E-state index in [0.717, 1.165) is 0 Å². The van der Waals surface area contributed by atoms with Crippen LogP contribution in [0.1, 0.15) is 32.6 Å². The summed E-state index contributed by atoms with van der Waals surface area (Å²) in [7, 11) is 0. The van der Waals surface area contributed by atoms with Crippen LogP contribution in [0, 0.1) is 0 Å². The molecule has 0 fully saturated rings. The molecule has 0 rings (SSSR count). The van der Waals surface area contributed by atoms with Gasteiger partial charge in [-0.3, -0.25) is 4.79 Å². The summed E-state index contributed by atoms with van der Waals surface area (Å²) in [5.74, 6) is -3.58. The smallest absolute Gasteiger partial charge is 0.305 e. The largest absolute Gasteiger partial charge is 0.466 e. The van der Waals surface area contributed by atoms with Crippen LogP contribution >= 0.6 is 0 Å². The molecule has 0 radical (unpaired) electrons. The lowest BCUT2D eigenvalue weighted by Crippen LogP contribution is -2.18. The zero-order chi connectivity index (χ0) is 11.0. The number of hydrogen-bond donors (Lipinski definition) is 0. The van der Waals surface area contributed by atoms with E-state index in [2.05, 4.69) is 4.74 Å². The molecular formula is C9H14F2O3. The number of carbonyl (C=O) groups is 2. The van der Waals surface area contributed by atoms with Gasteiger partial charge in [-0.15, -0.1) is 0 Å². The molecule has 0 N–H and O–H groups in total. The lowest BCUT2D eigenvalue weighted by Gasteiger charge is -2.13. The molecule has 14 heavy (non-hydrogen) atoms. The highest BCUT2D eigenvalue weighted by Crippen LogP contribution is 2.25. The number of rotatable bonds is 7. The first-order valence-corrected chi connectivity index (χ1v) is 4.49. The van der Waals surface area contributed by atoms with Crippen LogP contribution in [0.15, 0.2) is 0 Å². The van der Waals surface area contributed by atoms with Crippen LogP contribution in [-0.4, -0.2) is 24.8 Å². The average molecular weight is 208 g/mol. The van der Waals surface area contributed by atoms with Gasteiger partial charge in [0.05, 0.1) is 13.0 Å².